The molecule has 0 bridgehead atoms. The summed E-state index contributed by atoms with van der Waals surface area (Å²) in [5.41, 5.74) is 2.34. The lowest BCUT2D eigenvalue weighted by molar-refractivity contribution is -0.135. The summed E-state index contributed by atoms with van der Waals surface area (Å²) in [6.07, 6.45) is 1.88. The first kappa shape index (κ1) is 25.3. The van der Waals surface area contributed by atoms with Gasteiger partial charge in [-0.25, -0.2) is 8.42 Å². The Morgan fingerprint density at radius 1 is 1.17 bits per heavy atom. The maximum Gasteiger partial charge on any atom is 0.232 e. The van der Waals surface area contributed by atoms with Gasteiger partial charge in [0, 0.05) is 44.5 Å². The number of hydrogen-bond donors (Lipinski definition) is 1. The van der Waals surface area contributed by atoms with Crippen LogP contribution in [0.3, 0.4) is 0 Å². The lowest BCUT2D eigenvalue weighted by Gasteiger charge is -2.33. The minimum Gasteiger partial charge on any atom is -0.377 e. The van der Waals surface area contributed by atoms with Crippen molar-refractivity contribution in [1.29, 1.82) is 0 Å². The van der Waals surface area contributed by atoms with Crippen molar-refractivity contribution < 1.29 is 13.2 Å². The smallest absolute Gasteiger partial charge is 0.232 e. The molecule has 1 aromatic rings. The van der Waals surface area contributed by atoms with Crippen LogP contribution in [-0.4, -0.2) is 45.1 Å². The zero-order chi connectivity index (χ0) is 22.4. The Morgan fingerprint density at radius 2 is 1.79 bits per heavy atom. The van der Waals surface area contributed by atoms with Gasteiger partial charge in [0.2, 0.25) is 15.9 Å². The van der Waals surface area contributed by atoms with E-state index in [9.17, 15) is 13.2 Å². The highest BCUT2D eigenvalue weighted by Crippen LogP contribution is 2.28. The van der Waals surface area contributed by atoms with E-state index in [2.05, 4.69) is 39.3 Å². The lowest BCUT2D eigenvalue weighted by atomic mass is 9.91. The van der Waals surface area contributed by atoms with Crippen molar-refractivity contribution in [2.24, 2.45) is 5.41 Å². The molecule has 1 amide bonds. The topological polar surface area (TPSA) is 69.7 Å². The molecule has 29 heavy (non-hydrogen) atoms. The van der Waals surface area contributed by atoms with Gasteiger partial charge in [0.25, 0.3) is 0 Å². The molecule has 0 unspecified atom stereocenters. The predicted octanol–water partition coefficient (Wildman–Crippen LogP) is 4.47. The third-order valence-corrected chi connectivity index (χ3v) is 6.27. The lowest BCUT2D eigenvalue weighted by Crippen LogP contribution is -2.39. The Hall–Kier alpha value is -1.76. The number of hydrogen-bond acceptors (Lipinski definition) is 4. The van der Waals surface area contributed by atoms with E-state index in [0.29, 0.717) is 25.1 Å². The minimum absolute atomic E-state index is 0.0842. The molecule has 1 aromatic carbocycles. The molecule has 1 rings (SSSR count). The van der Waals surface area contributed by atoms with Gasteiger partial charge in [-0.3, -0.25) is 9.52 Å². The molecule has 0 aliphatic carbocycles. The molecule has 0 radical (unpaired) electrons. The molecule has 0 saturated carbocycles. The van der Waals surface area contributed by atoms with Crippen molar-refractivity contribution in [3.05, 3.63) is 23.8 Å². The average molecular weight is 426 g/mol. The number of nitrogens with zero attached hydrogens (tertiary/aromatic N) is 2. The summed E-state index contributed by atoms with van der Waals surface area (Å²) in [4.78, 5) is 16.9. The van der Waals surface area contributed by atoms with Crippen molar-refractivity contribution in [2.45, 2.75) is 73.4 Å². The molecule has 0 aliphatic rings. The van der Waals surface area contributed by atoms with Crippen LogP contribution in [0.2, 0.25) is 0 Å². The summed E-state index contributed by atoms with van der Waals surface area (Å²) < 4.78 is 27.0. The van der Waals surface area contributed by atoms with E-state index in [0.717, 1.165) is 17.7 Å². The third-order valence-electron chi connectivity index (χ3n) is 4.77. The van der Waals surface area contributed by atoms with Crippen molar-refractivity contribution in [3.8, 4) is 0 Å². The molecular weight excluding hydrogens is 386 g/mol. The van der Waals surface area contributed by atoms with E-state index < -0.39 is 10.0 Å². The second-order valence-corrected chi connectivity index (χ2v) is 11.0. The highest BCUT2D eigenvalue weighted by Gasteiger charge is 2.25. The number of sulfonamides is 1. The van der Waals surface area contributed by atoms with Gasteiger partial charge >= 0.3 is 0 Å². The second kappa shape index (κ2) is 10.3. The molecule has 0 aliphatic heterocycles. The molecule has 7 heteroatoms. The largest absolute Gasteiger partial charge is 0.377 e. The van der Waals surface area contributed by atoms with Crippen LogP contribution in [0.1, 0.15) is 66.4 Å². The fourth-order valence-electron chi connectivity index (χ4n) is 3.16. The van der Waals surface area contributed by atoms with Crippen LogP contribution in [0.25, 0.3) is 0 Å². The van der Waals surface area contributed by atoms with Crippen LogP contribution in [-0.2, 0) is 21.4 Å². The number of carbonyl (C=O) groups is 1. The predicted molar refractivity (Wildman–Crippen MR) is 123 cm³/mol. The van der Waals surface area contributed by atoms with Gasteiger partial charge < -0.3 is 9.80 Å². The SMILES string of the molecule is CCCS(=O)(=O)Nc1ccc(N(C)C)c(CN(C(=O)CC(C)(C)C)[C@H](C)CC)c1. The summed E-state index contributed by atoms with van der Waals surface area (Å²) in [5, 5.41) is 0. The Bertz CT molecular complexity index is 783. The average Bonchev–Trinajstić information content (AvgIpc) is 2.56. The third kappa shape index (κ3) is 8.25. The molecular formula is C22H39N3O3S. The maximum absolute atomic E-state index is 13.0. The van der Waals surface area contributed by atoms with Crippen LogP contribution in [0.4, 0.5) is 11.4 Å². The van der Waals surface area contributed by atoms with Crippen LogP contribution < -0.4 is 9.62 Å². The van der Waals surface area contributed by atoms with E-state index in [-0.39, 0.29) is 23.1 Å². The summed E-state index contributed by atoms with van der Waals surface area (Å²) in [6, 6.07) is 5.63. The first-order valence-corrected chi connectivity index (χ1v) is 12.0. The van der Waals surface area contributed by atoms with Gasteiger partial charge in [0.05, 0.1) is 5.75 Å². The molecule has 0 saturated heterocycles. The van der Waals surface area contributed by atoms with E-state index in [4.69, 9.17) is 0 Å². The number of nitrogens with one attached hydrogen (secondary N) is 1. The van der Waals surface area contributed by atoms with Crippen LogP contribution in [0.5, 0.6) is 0 Å². The normalized spacial score (nSPS) is 13.1. The first-order chi connectivity index (χ1) is 13.3. The van der Waals surface area contributed by atoms with E-state index >= 15 is 0 Å². The number of benzene rings is 1. The fourth-order valence-corrected chi connectivity index (χ4v) is 4.29. The highest BCUT2D eigenvalue weighted by molar-refractivity contribution is 7.92. The van der Waals surface area contributed by atoms with Gasteiger partial charge in [0.1, 0.15) is 0 Å². The zero-order valence-electron chi connectivity index (χ0n) is 19.4. The first-order valence-electron chi connectivity index (χ1n) is 10.4. The summed E-state index contributed by atoms with van der Waals surface area (Å²) in [6.45, 7) is 12.6. The number of anilines is 2. The van der Waals surface area contributed by atoms with Gasteiger partial charge in [-0.2, -0.15) is 0 Å². The van der Waals surface area contributed by atoms with Gasteiger partial charge in [-0.15, -0.1) is 0 Å². The van der Waals surface area contributed by atoms with Crippen LogP contribution >= 0.6 is 0 Å². The molecule has 0 spiro atoms. The van der Waals surface area contributed by atoms with Gasteiger partial charge in [-0.05, 0) is 48.9 Å². The maximum atomic E-state index is 13.0. The highest BCUT2D eigenvalue weighted by atomic mass is 32.2. The Morgan fingerprint density at radius 3 is 2.28 bits per heavy atom. The van der Waals surface area contributed by atoms with Crippen molar-refractivity contribution in [2.75, 3.05) is 29.5 Å². The molecule has 0 fully saturated rings. The Labute approximate surface area is 177 Å². The Kier molecular flexibility index (Phi) is 9.00. The summed E-state index contributed by atoms with van der Waals surface area (Å²) >= 11 is 0. The monoisotopic (exact) mass is 425 g/mol. The van der Waals surface area contributed by atoms with Crippen LogP contribution in [0, 0.1) is 5.41 Å². The second-order valence-electron chi connectivity index (χ2n) is 9.18. The van der Waals surface area contributed by atoms with Crippen LogP contribution in [0.15, 0.2) is 18.2 Å². The molecule has 0 heterocycles. The van der Waals surface area contributed by atoms with Crippen molar-refractivity contribution in [1.82, 2.24) is 4.90 Å². The van der Waals surface area contributed by atoms with E-state index in [1.165, 1.54) is 0 Å². The standard InChI is InChI=1S/C22H39N3O3S/c1-9-13-29(27,28)23-19-11-12-20(24(7)8)18(14-19)16-25(17(3)10-2)21(26)15-22(4,5)6/h11-12,14,17,23H,9-10,13,15-16H2,1-8H3/t17-/m1/s1. The molecule has 1 N–H and O–H groups in total. The summed E-state index contributed by atoms with van der Waals surface area (Å²) in [7, 11) is 0.529. The number of amides is 1. The number of carbonyl (C=O) groups excluding carboxylic acids is 1. The zero-order valence-corrected chi connectivity index (χ0v) is 20.2. The minimum atomic E-state index is -3.37. The number of rotatable bonds is 10. The van der Waals surface area contributed by atoms with Gasteiger partial charge in [0.15, 0.2) is 0 Å². The molecule has 0 aromatic heterocycles. The quantitative estimate of drug-likeness (QED) is 0.600. The molecule has 1 atom stereocenters. The van der Waals surface area contributed by atoms with Gasteiger partial charge in [-0.1, -0.05) is 34.6 Å². The van der Waals surface area contributed by atoms with E-state index in [1.807, 2.05) is 43.0 Å². The van der Waals surface area contributed by atoms with Crippen molar-refractivity contribution >= 4 is 27.3 Å². The molecule has 6 nitrogen and oxygen atoms in total. The Balaban J connectivity index is 3.28. The molecule has 166 valence electrons. The fraction of sp³-hybridized carbons (Fsp3) is 0.682. The summed E-state index contributed by atoms with van der Waals surface area (Å²) in [5.74, 6) is 0.203. The van der Waals surface area contributed by atoms with Crippen molar-refractivity contribution in [3.63, 3.8) is 0 Å². The van der Waals surface area contributed by atoms with E-state index in [1.54, 1.807) is 6.07 Å².